The SMILES string of the molecule is O=S(=O)(CCl)Nc1ccc(Cl)cc1F. The third kappa shape index (κ3) is 3.01. The van der Waals surface area contributed by atoms with E-state index in [0.29, 0.717) is 0 Å². The van der Waals surface area contributed by atoms with E-state index in [0.717, 1.165) is 6.07 Å². The number of hydrogen-bond donors (Lipinski definition) is 1. The molecule has 0 fully saturated rings. The average molecular weight is 258 g/mol. The summed E-state index contributed by atoms with van der Waals surface area (Å²) in [5.41, 5.74) is -0.171. The zero-order valence-electron chi connectivity index (χ0n) is 6.80. The number of benzene rings is 1. The molecule has 0 saturated heterocycles. The second kappa shape index (κ2) is 4.33. The zero-order valence-corrected chi connectivity index (χ0v) is 9.13. The lowest BCUT2D eigenvalue weighted by molar-refractivity contribution is 0.602. The largest absolute Gasteiger partial charge is 0.280 e. The van der Waals surface area contributed by atoms with Crippen molar-refractivity contribution in [2.75, 3.05) is 9.93 Å². The molecule has 0 aliphatic rings. The number of alkyl halides is 1. The molecule has 0 bridgehead atoms. The van der Waals surface area contributed by atoms with Gasteiger partial charge in [-0.25, -0.2) is 12.8 Å². The van der Waals surface area contributed by atoms with Crippen molar-refractivity contribution in [2.24, 2.45) is 0 Å². The highest BCUT2D eigenvalue weighted by Crippen LogP contribution is 2.19. The molecule has 0 radical (unpaired) electrons. The van der Waals surface area contributed by atoms with Gasteiger partial charge in [0.25, 0.3) is 0 Å². The molecule has 1 aromatic carbocycles. The van der Waals surface area contributed by atoms with Crippen molar-refractivity contribution < 1.29 is 12.8 Å². The van der Waals surface area contributed by atoms with Gasteiger partial charge in [-0.15, -0.1) is 11.6 Å². The monoisotopic (exact) mass is 257 g/mol. The van der Waals surface area contributed by atoms with E-state index in [2.05, 4.69) is 0 Å². The lowest BCUT2D eigenvalue weighted by Gasteiger charge is -2.05. The zero-order chi connectivity index (χ0) is 10.8. The third-order valence-corrected chi connectivity index (χ3v) is 3.26. The summed E-state index contributed by atoms with van der Waals surface area (Å²) >= 11 is 10.6. The maximum absolute atomic E-state index is 13.1. The van der Waals surface area contributed by atoms with E-state index >= 15 is 0 Å². The van der Waals surface area contributed by atoms with Crippen LogP contribution in [0.15, 0.2) is 18.2 Å². The molecule has 0 saturated carbocycles. The van der Waals surface area contributed by atoms with Crippen LogP contribution in [0.2, 0.25) is 5.02 Å². The van der Waals surface area contributed by atoms with Gasteiger partial charge in [0.1, 0.15) is 11.0 Å². The van der Waals surface area contributed by atoms with Gasteiger partial charge in [0.2, 0.25) is 10.0 Å². The molecule has 0 unspecified atom stereocenters. The fraction of sp³-hybridized carbons (Fsp3) is 0.143. The first-order valence-electron chi connectivity index (χ1n) is 3.46. The minimum absolute atomic E-state index is 0.171. The van der Waals surface area contributed by atoms with E-state index in [4.69, 9.17) is 23.2 Å². The first kappa shape index (κ1) is 11.6. The van der Waals surface area contributed by atoms with E-state index in [1.165, 1.54) is 12.1 Å². The summed E-state index contributed by atoms with van der Waals surface area (Å²) in [5.74, 6) is -0.744. The molecule has 1 rings (SSSR count). The Morgan fingerprint density at radius 1 is 1.43 bits per heavy atom. The molecule has 78 valence electrons. The summed E-state index contributed by atoms with van der Waals surface area (Å²) in [6.07, 6.45) is 0. The van der Waals surface area contributed by atoms with Crippen LogP contribution in [0.1, 0.15) is 0 Å². The Morgan fingerprint density at radius 3 is 2.57 bits per heavy atom. The number of sulfonamides is 1. The minimum Gasteiger partial charge on any atom is -0.280 e. The highest BCUT2D eigenvalue weighted by molar-refractivity contribution is 7.93. The molecule has 0 aliphatic heterocycles. The molecular weight excluding hydrogens is 252 g/mol. The highest BCUT2D eigenvalue weighted by atomic mass is 35.5. The molecular formula is C7H6Cl2FNO2S. The molecule has 1 N–H and O–H groups in total. The van der Waals surface area contributed by atoms with Crippen molar-refractivity contribution in [3.63, 3.8) is 0 Å². The molecule has 0 atom stereocenters. The van der Waals surface area contributed by atoms with Crippen LogP contribution >= 0.6 is 23.2 Å². The Hall–Kier alpha value is -0.520. The standard InChI is InChI=1S/C7H6Cl2FNO2S/c8-4-14(12,13)11-7-2-1-5(9)3-6(7)10/h1-3,11H,4H2. The fourth-order valence-corrected chi connectivity index (χ4v) is 1.64. The van der Waals surface area contributed by atoms with Crippen LogP contribution in [-0.4, -0.2) is 13.6 Å². The van der Waals surface area contributed by atoms with E-state index in [1.54, 1.807) is 0 Å². The smallest absolute Gasteiger partial charge is 0.246 e. The van der Waals surface area contributed by atoms with E-state index in [9.17, 15) is 12.8 Å². The normalized spacial score (nSPS) is 11.4. The maximum atomic E-state index is 13.1. The van der Waals surface area contributed by atoms with Gasteiger partial charge in [-0.05, 0) is 18.2 Å². The Bertz CT molecular complexity index is 435. The van der Waals surface area contributed by atoms with Crippen molar-refractivity contribution >= 4 is 38.9 Å². The number of halogens is 3. The van der Waals surface area contributed by atoms with Gasteiger partial charge in [-0.1, -0.05) is 11.6 Å². The van der Waals surface area contributed by atoms with Crippen molar-refractivity contribution in [1.82, 2.24) is 0 Å². The summed E-state index contributed by atoms with van der Waals surface area (Å²) in [4.78, 5) is 0. The van der Waals surface area contributed by atoms with Crippen LogP contribution < -0.4 is 4.72 Å². The predicted octanol–water partition coefficient (Wildman–Crippen LogP) is 2.42. The van der Waals surface area contributed by atoms with Gasteiger partial charge in [-0.2, -0.15) is 0 Å². The summed E-state index contributed by atoms with van der Waals surface area (Å²) in [5, 5.41) is -0.439. The molecule has 0 heterocycles. The molecule has 0 spiro atoms. The van der Waals surface area contributed by atoms with Crippen LogP contribution in [0.25, 0.3) is 0 Å². The fourth-order valence-electron chi connectivity index (χ4n) is 0.767. The molecule has 3 nitrogen and oxygen atoms in total. The summed E-state index contributed by atoms with van der Waals surface area (Å²) in [6.45, 7) is 0. The van der Waals surface area contributed by atoms with Gasteiger partial charge < -0.3 is 0 Å². The predicted molar refractivity (Wildman–Crippen MR) is 54.7 cm³/mol. The Balaban J connectivity index is 2.99. The Kier molecular flexibility index (Phi) is 3.58. The number of anilines is 1. The second-order valence-electron chi connectivity index (χ2n) is 2.45. The van der Waals surface area contributed by atoms with E-state index < -0.39 is 21.1 Å². The molecule has 14 heavy (non-hydrogen) atoms. The highest BCUT2D eigenvalue weighted by Gasteiger charge is 2.11. The Morgan fingerprint density at radius 2 is 2.07 bits per heavy atom. The first-order valence-corrected chi connectivity index (χ1v) is 6.02. The van der Waals surface area contributed by atoms with Crippen molar-refractivity contribution in [3.05, 3.63) is 29.0 Å². The van der Waals surface area contributed by atoms with Gasteiger partial charge >= 0.3 is 0 Å². The number of hydrogen-bond acceptors (Lipinski definition) is 2. The third-order valence-electron chi connectivity index (χ3n) is 1.34. The second-order valence-corrected chi connectivity index (χ2v) is 5.19. The van der Waals surface area contributed by atoms with Gasteiger partial charge in [0, 0.05) is 5.02 Å². The first-order chi connectivity index (χ1) is 6.44. The molecule has 1 aromatic rings. The van der Waals surface area contributed by atoms with Crippen molar-refractivity contribution in [1.29, 1.82) is 0 Å². The lowest BCUT2D eigenvalue weighted by atomic mass is 10.3. The number of nitrogens with one attached hydrogen (secondary N) is 1. The Labute approximate surface area is 90.9 Å². The van der Waals surface area contributed by atoms with Crippen LogP contribution in [0, 0.1) is 5.82 Å². The van der Waals surface area contributed by atoms with E-state index in [1.807, 2.05) is 4.72 Å². The van der Waals surface area contributed by atoms with Gasteiger partial charge in [-0.3, -0.25) is 4.72 Å². The van der Waals surface area contributed by atoms with Gasteiger partial charge in [0.15, 0.2) is 0 Å². The lowest BCUT2D eigenvalue weighted by Crippen LogP contribution is -2.14. The molecule has 0 aliphatic carbocycles. The van der Waals surface area contributed by atoms with E-state index in [-0.39, 0.29) is 10.7 Å². The molecule has 0 aromatic heterocycles. The topological polar surface area (TPSA) is 46.2 Å². The van der Waals surface area contributed by atoms with Crippen molar-refractivity contribution in [3.8, 4) is 0 Å². The summed E-state index contributed by atoms with van der Waals surface area (Å²) in [6, 6.07) is 3.60. The summed E-state index contributed by atoms with van der Waals surface area (Å²) < 4.78 is 37.0. The van der Waals surface area contributed by atoms with Crippen molar-refractivity contribution in [2.45, 2.75) is 0 Å². The summed E-state index contributed by atoms with van der Waals surface area (Å²) in [7, 11) is -3.68. The average Bonchev–Trinajstić information content (AvgIpc) is 2.10. The van der Waals surface area contributed by atoms with Gasteiger partial charge in [0.05, 0.1) is 5.69 Å². The minimum atomic E-state index is -3.68. The quantitative estimate of drug-likeness (QED) is 0.846. The molecule has 7 heteroatoms. The van der Waals surface area contributed by atoms with Crippen LogP contribution in [0.3, 0.4) is 0 Å². The molecule has 0 amide bonds. The van der Waals surface area contributed by atoms with Crippen LogP contribution in [-0.2, 0) is 10.0 Å². The van der Waals surface area contributed by atoms with Crippen LogP contribution in [0.4, 0.5) is 10.1 Å². The van der Waals surface area contributed by atoms with Crippen LogP contribution in [0.5, 0.6) is 0 Å². The number of rotatable bonds is 3. The maximum Gasteiger partial charge on any atom is 0.246 e.